The van der Waals surface area contributed by atoms with Crippen LogP contribution < -0.4 is 10.6 Å². The molecule has 0 bridgehead atoms. The molecule has 4 aromatic rings. The molecule has 0 unspecified atom stereocenters. The van der Waals surface area contributed by atoms with Gasteiger partial charge in [0.15, 0.2) is 5.65 Å². The quantitative estimate of drug-likeness (QED) is 0.450. The molecule has 2 aromatic carbocycles. The van der Waals surface area contributed by atoms with Crippen LogP contribution in [0.3, 0.4) is 0 Å². The Morgan fingerprint density at radius 3 is 2.47 bits per heavy atom. The second-order valence-corrected chi connectivity index (χ2v) is 8.55. The standard InChI is InChI=1S/C24H25ClFN7O/c1-34-15-14-31-10-12-32(13-11-31)24-28-21(16-6-8-17(26)9-7-16)20-22(27)33(30-23(20)29-24)19-5-3-2-4-18(19)25/h2-9H,10-15,27H2,1H3. The van der Waals surface area contributed by atoms with E-state index in [1.165, 1.54) is 12.1 Å². The topological polar surface area (TPSA) is 85.3 Å². The molecule has 2 N–H and O–H groups in total. The first kappa shape index (κ1) is 22.5. The molecule has 3 heterocycles. The molecular weight excluding hydrogens is 457 g/mol. The fourth-order valence-corrected chi connectivity index (χ4v) is 4.37. The van der Waals surface area contributed by atoms with E-state index in [-0.39, 0.29) is 5.82 Å². The van der Waals surface area contributed by atoms with Gasteiger partial charge in [0.2, 0.25) is 5.95 Å². The third-order valence-corrected chi connectivity index (χ3v) is 6.34. The van der Waals surface area contributed by atoms with Crippen molar-refractivity contribution in [3.8, 4) is 16.9 Å². The van der Waals surface area contributed by atoms with Crippen molar-refractivity contribution in [2.75, 3.05) is 57.1 Å². The van der Waals surface area contributed by atoms with Gasteiger partial charge >= 0.3 is 0 Å². The second kappa shape index (κ2) is 9.54. The number of piperazine rings is 1. The van der Waals surface area contributed by atoms with Gasteiger partial charge in [-0.15, -0.1) is 5.10 Å². The van der Waals surface area contributed by atoms with E-state index < -0.39 is 0 Å². The van der Waals surface area contributed by atoms with E-state index >= 15 is 0 Å². The monoisotopic (exact) mass is 481 g/mol. The zero-order chi connectivity index (χ0) is 23.7. The van der Waals surface area contributed by atoms with Crippen molar-refractivity contribution >= 4 is 34.4 Å². The summed E-state index contributed by atoms with van der Waals surface area (Å²) in [5.74, 6) is 0.626. The maximum absolute atomic E-state index is 13.7. The molecule has 0 radical (unpaired) electrons. The van der Waals surface area contributed by atoms with Gasteiger partial charge in [-0.1, -0.05) is 23.7 Å². The van der Waals surface area contributed by atoms with E-state index in [1.54, 1.807) is 30.0 Å². The molecule has 176 valence electrons. The van der Waals surface area contributed by atoms with E-state index in [1.807, 2.05) is 18.2 Å². The summed E-state index contributed by atoms with van der Waals surface area (Å²) in [5.41, 5.74) is 9.01. The molecular formula is C24H25ClFN7O. The number of nitrogen functional groups attached to an aromatic ring is 1. The summed E-state index contributed by atoms with van der Waals surface area (Å²) in [6, 6.07) is 13.5. The Kier molecular flexibility index (Phi) is 6.32. The van der Waals surface area contributed by atoms with Crippen LogP contribution in [-0.2, 0) is 4.74 Å². The Balaban J connectivity index is 1.60. The van der Waals surface area contributed by atoms with Crippen LogP contribution >= 0.6 is 11.6 Å². The Hall–Kier alpha value is -3.27. The zero-order valence-electron chi connectivity index (χ0n) is 18.8. The van der Waals surface area contributed by atoms with E-state index in [0.717, 1.165) is 38.3 Å². The summed E-state index contributed by atoms with van der Waals surface area (Å²) in [5, 5.41) is 5.81. The minimum Gasteiger partial charge on any atom is -0.383 e. The number of rotatable bonds is 6. The third-order valence-electron chi connectivity index (χ3n) is 6.02. The highest BCUT2D eigenvalue weighted by molar-refractivity contribution is 6.32. The summed E-state index contributed by atoms with van der Waals surface area (Å²) in [7, 11) is 1.71. The van der Waals surface area contributed by atoms with E-state index in [9.17, 15) is 4.39 Å². The molecule has 0 saturated carbocycles. The third kappa shape index (κ3) is 4.29. The fourth-order valence-electron chi connectivity index (χ4n) is 4.16. The van der Waals surface area contributed by atoms with Gasteiger partial charge in [-0.05, 0) is 36.4 Å². The molecule has 1 aliphatic heterocycles. The Bertz CT molecular complexity index is 1300. The number of ether oxygens (including phenoxy) is 1. The van der Waals surface area contributed by atoms with Crippen molar-refractivity contribution < 1.29 is 9.13 Å². The van der Waals surface area contributed by atoms with Crippen LogP contribution in [0.1, 0.15) is 0 Å². The van der Waals surface area contributed by atoms with Gasteiger partial charge in [0.1, 0.15) is 11.6 Å². The van der Waals surface area contributed by atoms with Crippen molar-refractivity contribution in [3.05, 3.63) is 59.4 Å². The Labute approximate surface area is 201 Å². The molecule has 1 aliphatic rings. The number of fused-ring (bicyclic) bond motifs is 1. The molecule has 34 heavy (non-hydrogen) atoms. The molecule has 1 saturated heterocycles. The molecule has 1 fully saturated rings. The molecule has 0 amide bonds. The molecule has 10 heteroatoms. The normalized spacial score (nSPS) is 14.7. The highest BCUT2D eigenvalue weighted by atomic mass is 35.5. The SMILES string of the molecule is COCCN1CCN(c2nc(-c3ccc(F)cc3)c3c(N)n(-c4ccccc4Cl)nc3n2)CC1. The number of anilines is 2. The van der Waals surface area contributed by atoms with Crippen molar-refractivity contribution in [2.45, 2.75) is 0 Å². The van der Waals surface area contributed by atoms with Crippen molar-refractivity contribution in [2.24, 2.45) is 0 Å². The lowest BCUT2D eigenvalue weighted by atomic mass is 10.1. The first-order chi connectivity index (χ1) is 16.5. The second-order valence-electron chi connectivity index (χ2n) is 8.15. The smallest absolute Gasteiger partial charge is 0.228 e. The van der Waals surface area contributed by atoms with Gasteiger partial charge in [-0.3, -0.25) is 4.90 Å². The zero-order valence-corrected chi connectivity index (χ0v) is 19.5. The van der Waals surface area contributed by atoms with Gasteiger partial charge in [0.05, 0.1) is 28.4 Å². The van der Waals surface area contributed by atoms with Crippen molar-refractivity contribution in [1.82, 2.24) is 24.6 Å². The molecule has 5 rings (SSSR count). The van der Waals surface area contributed by atoms with Gasteiger partial charge in [0.25, 0.3) is 0 Å². The minimum absolute atomic E-state index is 0.318. The van der Waals surface area contributed by atoms with Crippen LogP contribution in [0.2, 0.25) is 5.02 Å². The summed E-state index contributed by atoms with van der Waals surface area (Å²) >= 11 is 6.42. The van der Waals surface area contributed by atoms with Gasteiger partial charge in [-0.25, -0.2) is 14.1 Å². The first-order valence-electron chi connectivity index (χ1n) is 11.1. The lowest BCUT2D eigenvalue weighted by Gasteiger charge is -2.34. The van der Waals surface area contributed by atoms with Crippen molar-refractivity contribution in [1.29, 1.82) is 0 Å². The average molecular weight is 482 g/mol. The number of methoxy groups -OCH3 is 1. The number of para-hydroxylation sites is 1. The maximum atomic E-state index is 13.7. The highest BCUT2D eigenvalue weighted by Gasteiger charge is 2.24. The molecule has 2 aromatic heterocycles. The predicted octanol–water partition coefficient (Wildman–Crippen LogP) is 3.63. The van der Waals surface area contributed by atoms with Crippen LogP contribution in [0.5, 0.6) is 0 Å². The number of aromatic nitrogens is 4. The van der Waals surface area contributed by atoms with Crippen LogP contribution in [0, 0.1) is 5.82 Å². The summed E-state index contributed by atoms with van der Waals surface area (Å²) in [6.07, 6.45) is 0. The van der Waals surface area contributed by atoms with Gasteiger partial charge in [-0.2, -0.15) is 4.98 Å². The number of hydrogen-bond acceptors (Lipinski definition) is 7. The predicted molar refractivity (Wildman–Crippen MR) is 132 cm³/mol. The number of benzene rings is 2. The van der Waals surface area contributed by atoms with Crippen LogP contribution in [0.15, 0.2) is 48.5 Å². The molecule has 8 nitrogen and oxygen atoms in total. The first-order valence-corrected chi connectivity index (χ1v) is 11.5. The lowest BCUT2D eigenvalue weighted by Crippen LogP contribution is -2.47. The Morgan fingerprint density at radius 1 is 1.03 bits per heavy atom. The molecule has 0 aliphatic carbocycles. The van der Waals surface area contributed by atoms with E-state index in [2.05, 4.69) is 14.9 Å². The minimum atomic E-state index is -0.318. The Morgan fingerprint density at radius 2 is 1.76 bits per heavy atom. The number of nitrogens with zero attached hydrogens (tertiary/aromatic N) is 6. The van der Waals surface area contributed by atoms with E-state index in [0.29, 0.717) is 45.8 Å². The van der Waals surface area contributed by atoms with Crippen molar-refractivity contribution in [3.63, 3.8) is 0 Å². The maximum Gasteiger partial charge on any atom is 0.228 e. The highest BCUT2D eigenvalue weighted by Crippen LogP contribution is 2.34. The number of hydrogen-bond donors (Lipinski definition) is 1. The van der Waals surface area contributed by atoms with Crippen LogP contribution in [0.4, 0.5) is 16.2 Å². The largest absolute Gasteiger partial charge is 0.383 e. The summed E-state index contributed by atoms with van der Waals surface area (Å²) < 4.78 is 20.4. The summed E-state index contributed by atoms with van der Waals surface area (Å²) in [4.78, 5) is 14.1. The summed E-state index contributed by atoms with van der Waals surface area (Å²) in [6.45, 7) is 4.91. The molecule has 0 atom stereocenters. The van der Waals surface area contributed by atoms with Crippen LogP contribution in [-0.4, -0.2) is 71.1 Å². The van der Waals surface area contributed by atoms with Gasteiger partial charge < -0.3 is 15.4 Å². The number of nitrogens with two attached hydrogens (primary N) is 1. The molecule has 0 spiro atoms. The fraction of sp³-hybridized carbons (Fsp3) is 0.292. The number of halogens is 2. The van der Waals surface area contributed by atoms with E-state index in [4.69, 9.17) is 32.0 Å². The lowest BCUT2D eigenvalue weighted by molar-refractivity contribution is 0.144. The van der Waals surface area contributed by atoms with Crippen LogP contribution in [0.25, 0.3) is 28.0 Å². The van der Waals surface area contributed by atoms with Gasteiger partial charge in [0, 0.05) is 45.4 Å². The average Bonchev–Trinajstić information content (AvgIpc) is 3.19.